The van der Waals surface area contributed by atoms with Gasteiger partial charge in [0.15, 0.2) is 0 Å². The smallest absolute Gasteiger partial charge is 0.545 e. The summed E-state index contributed by atoms with van der Waals surface area (Å²) in [5.74, 6) is -3.28. The molecule has 0 rings (SSSR count). The number of carbonyl (C=O) groups is 3. The van der Waals surface area contributed by atoms with Gasteiger partial charge in [0, 0.05) is 0 Å². The molecule has 0 aromatic rings. The molecule has 0 bridgehead atoms. The summed E-state index contributed by atoms with van der Waals surface area (Å²) in [6, 6.07) is 0. The van der Waals surface area contributed by atoms with Crippen LogP contribution in [0.2, 0.25) is 0 Å². The Labute approximate surface area is 165 Å². The van der Waals surface area contributed by atoms with E-state index >= 15 is 0 Å². The van der Waals surface area contributed by atoms with Gasteiger partial charge in [-0.15, -0.1) is 0 Å². The second kappa shape index (κ2) is 18.1. The van der Waals surface area contributed by atoms with Crippen LogP contribution in [-0.4, -0.2) is 17.9 Å². The number of allylic oxidation sites excluding steroid dienone is 3. The van der Waals surface area contributed by atoms with Crippen molar-refractivity contribution in [1.29, 1.82) is 0 Å². The molecule has 0 N–H and O–H groups in total. The van der Waals surface area contributed by atoms with E-state index in [2.05, 4.69) is 0 Å². The minimum atomic E-state index is -1.09. The van der Waals surface area contributed by atoms with Gasteiger partial charge in [-0.1, -0.05) is 18.2 Å². The van der Waals surface area contributed by atoms with Crippen LogP contribution in [0.3, 0.4) is 0 Å². The molecule has 0 saturated carbocycles. The Bertz CT molecular complexity index is 380. The Morgan fingerprint density at radius 3 is 0.727 bits per heavy atom. The fourth-order valence-corrected chi connectivity index (χ4v) is 0.354. The van der Waals surface area contributed by atoms with E-state index in [0.717, 1.165) is 0 Å². The molecule has 0 saturated heterocycles. The van der Waals surface area contributed by atoms with Crippen LogP contribution >= 0.6 is 0 Å². The van der Waals surface area contributed by atoms with Gasteiger partial charge < -0.3 is 29.7 Å². The van der Waals surface area contributed by atoms with Gasteiger partial charge in [-0.25, -0.2) is 0 Å². The average molecular weight is 437 g/mol. The van der Waals surface area contributed by atoms with E-state index < -0.39 is 17.9 Å². The third-order valence-electron chi connectivity index (χ3n) is 2.26. The number of carboxylic acid groups (broad SMARTS) is 3. The van der Waals surface area contributed by atoms with Gasteiger partial charge in [-0.2, -0.15) is 0 Å². The SMILES string of the molecule is CC=C(C)C(=O)[O-].CC=C(C)C(=O)[O-].CC=C(C)C(=O)[O-].[Ce+3]. The van der Waals surface area contributed by atoms with Crippen molar-refractivity contribution in [2.75, 3.05) is 0 Å². The van der Waals surface area contributed by atoms with E-state index in [-0.39, 0.29) is 58.5 Å². The molecule has 0 spiro atoms. The average Bonchev–Trinajstić information content (AvgIpc) is 2.45. The largest absolute Gasteiger partial charge is 3.00 e. The Balaban J connectivity index is -0.000000108. The third kappa shape index (κ3) is 21.3. The summed E-state index contributed by atoms with van der Waals surface area (Å²) in [6.07, 6.45) is 4.49. The fraction of sp³-hybridized carbons (Fsp3) is 0.400. The zero-order chi connectivity index (χ0) is 17.6. The molecule has 0 atom stereocenters. The van der Waals surface area contributed by atoms with Gasteiger partial charge in [0.1, 0.15) is 0 Å². The number of carboxylic acids is 3. The Morgan fingerprint density at radius 2 is 0.727 bits per heavy atom. The Morgan fingerprint density at radius 1 is 0.591 bits per heavy atom. The zero-order valence-electron chi connectivity index (χ0n) is 13.7. The van der Waals surface area contributed by atoms with Crippen molar-refractivity contribution in [3.63, 3.8) is 0 Å². The van der Waals surface area contributed by atoms with Crippen molar-refractivity contribution < 1.29 is 71.5 Å². The summed E-state index contributed by atoms with van der Waals surface area (Å²) < 4.78 is 0. The summed E-state index contributed by atoms with van der Waals surface area (Å²) in [6.45, 7) is 9.46. The van der Waals surface area contributed by atoms with Crippen molar-refractivity contribution in [1.82, 2.24) is 0 Å². The van der Waals surface area contributed by atoms with E-state index in [9.17, 15) is 29.7 Å². The monoisotopic (exact) mass is 437 g/mol. The number of hydrogen-bond donors (Lipinski definition) is 0. The first-order chi connectivity index (χ1) is 9.54. The molecule has 1 radical (unpaired) electrons. The van der Waals surface area contributed by atoms with Crippen LogP contribution in [0.25, 0.3) is 0 Å². The normalized spacial score (nSPS) is 10.9. The van der Waals surface area contributed by atoms with E-state index in [0.29, 0.717) is 0 Å². The molecule has 0 aliphatic carbocycles. The molecule has 0 unspecified atom stereocenters. The molecule has 121 valence electrons. The standard InChI is InChI=1S/3C5H8O2.Ce/c3*1-3-4(2)5(6)7;/h3*3H,1-2H3,(H,6,7);/q;;;+3/p-3. The van der Waals surface area contributed by atoms with Gasteiger partial charge in [0.05, 0.1) is 17.9 Å². The molecule has 0 aromatic heterocycles. The van der Waals surface area contributed by atoms with Gasteiger partial charge in [0.25, 0.3) is 0 Å². The number of aliphatic carboxylic acids is 3. The van der Waals surface area contributed by atoms with Crippen LogP contribution in [0.15, 0.2) is 34.9 Å². The molecule has 0 aliphatic heterocycles. The Hall–Kier alpha value is -0.993. The van der Waals surface area contributed by atoms with E-state index in [1.807, 2.05) is 0 Å². The quantitative estimate of drug-likeness (QED) is 0.528. The molecular weight excluding hydrogens is 416 g/mol. The maximum Gasteiger partial charge on any atom is 3.00 e. The first-order valence-electron chi connectivity index (χ1n) is 6.07. The Kier molecular flexibility index (Phi) is 23.9. The molecule has 0 aromatic carbocycles. The molecular formula is C15H21CeO6. The van der Waals surface area contributed by atoms with E-state index in [1.54, 1.807) is 20.8 Å². The maximum absolute atomic E-state index is 9.75. The summed E-state index contributed by atoms with van der Waals surface area (Å²) >= 11 is 0. The van der Waals surface area contributed by atoms with Gasteiger partial charge in [0.2, 0.25) is 0 Å². The summed E-state index contributed by atoms with van der Waals surface area (Å²) in [5, 5.41) is 29.3. The predicted molar refractivity (Wildman–Crippen MR) is 73.3 cm³/mol. The minimum Gasteiger partial charge on any atom is -0.545 e. The minimum absolute atomic E-state index is 0. The second-order valence-electron chi connectivity index (χ2n) is 3.78. The van der Waals surface area contributed by atoms with Crippen molar-refractivity contribution in [3.05, 3.63) is 34.9 Å². The van der Waals surface area contributed by atoms with Crippen LogP contribution in [0.1, 0.15) is 41.5 Å². The van der Waals surface area contributed by atoms with Gasteiger partial charge >= 0.3 is 41.7 Å². The summed E-state index contributed by atoms with van der Waals surface area (Å²) in [7, 11) is 0. The second-order valence-corrected chi connectivity index (χ2v) is 3.78. The molecule has 6 nitrogen and oxygen atoms in total. The van der Waals surface area contributed by atoms with Crippen LogP contribution in [0.5, 0.6) is 0 Å². The maximum atomic E-state index is 9.75. The van der Waals surface area contributed by atoms with Crippen molar-refractivity contribution in [3.8, 4) is 0 Å². The first-order valence-corrected chi connectivity index (χ1v) is 6.07. The van der Waals surface area contributed by atoms with Gasteiger partial charge in [-0.05, 0) is 58.3 Å². The number of hydrogen-bond acceptors (Lipinski definition) is 6. The fourth-order valence-electron chi connectivity index (χ4n) is 0.354. The van der Waals surface area contributed by atoms with Crippen LogP contribution in [0.4, 0.5) is 0 Å². The zero-order valence-corrected chi connectivity index (χ0v) is 16.8. The number of rotatable bonds is 3. The summed E-state index contributed by atoms with van der Waals surface area (Å²) in [4.78, 5) is 29.3. The van der Waals surface area contributed by atoms with Crippen molar-refractivity contribution in [2.24, 2.45) is 0 Å². The van der Waals surface area contributed by atoms with Crippen LogP contribution in [-0.2, 0) is 14.4 Å². The molecule has 0 amide bonds. The molecule has 0 fully saturated rings. The molecule has 7 heteroatoms. The third-order valence-corrected chi connectivity index (χ3v) is 2.26. The predicted octanol–water partition coefficient (Wildman–Crippen LogP) is -0.892. The van der Waals surface area contributed by atoms with Crippen LogP contribution < -0.4 is 15.3 Å². The first kappa shape index (κ1) is 29.1. The molecule has 0 heterocycles. The van der Waals surface area contributed by atoms with Crippen LogP contribution in [0, 0.1) is 41.7 Å². The molecule has 0 aliphatic rings. The van der Waals surface area contributed by atoms with E-state index in [4.69, 9.17) is 0 Å². The van der Waals surface area contributed by atoms with Crippen molar-refractivity contribution in [2.45, 2.75) is 41.5 Å². The molecule has 22 heavy (non-hydrogen) atoms. The van der Waals surface area contributed by atoms with Crippen molar-refractivity contribution >= 4 is 17.9 Å². The number of carbonyl (C=O) groups excluding carboxylic acids is 3. The van der Waals surface area contributed by atoms with Gasteiger partial charge in [-0.3, -0.25) is 0 Å². The van der Waals surface area contributed by atoms with E-state index in [1.165, 1.54) is 39.0 Å². The topological polar surface area (TPSA) is 120 Å². The summed E-state index contributed by atoms with van der Waals surface area (Å²) in [5.41, 5.74) is 0.833.